The van der Waals surface area contributed by atoms with Crippen LogP contribution in [0.2, 0.25) is 0 Å². The molecule has 3 N–H and O–H groups in total. The van der Waals surface area contributed by atoms with E-state index in [1.807, 2.05) is 6.07 Å². The van der Waals surface area contributed by atoms with Gasteiger partial charge < -0.3 is 11.1 Å². The van der Waals surface area contributed by atoms with Gasteiger partial charge in [0.15, 0.2) is 5.65 Å². The van der Waals surface area contributed by atoms with Crippen molar-refractivity contribution in [1.29, 1.82) is 0 Å². The van der Waals surface area contributed by atoms with Gasteiger partial charge in [0, 0.05) is 18.7 Å². The highest BCUT2D eigenvalue weighted by Gasteiger charge is 2.25. The quantitative estimate of drug-likeness (QED) is 0.840. The summed E-state index contributed by atoms with van der Waals surface area (Å²) >= 11 is 0. The van der Waals surface area contributed by atoms with Gasteiger partial charge in [-0.1, -0.05) is 18.9 Å². The Hall–Kier alpha value is -2.15. The summed E-state index contributed by atoms with van der Waals surface area (Å²) in [5.41, 5.74) is 6.16. The Bertz CT molecular complexity index is 735. The molecule has 0 bridgehead atoms. The van der Waals surface area contributed by atoms with Gasteiger partial charge in [-0.3, -0.25) is 9.20 Å². The summed E-state index contributed by atoms with van der Waals surface area (Å²) in [7, 11) is 0. The van der Waals surface area contributed by atoms with Crippen LogP contribution in [0.5, 0.6) is 0 Å². The lowest BCUT2D eigenvalue weighted by Gasteiger charge is -2.31. The van der Waals surface area contributed by atoms with Gasteiger partial charge in [-0.2, -0.15) is 0 Å². The van der Waals surface area contributed by atoms with E-state index in [1.165, 1.54) is 15.5 Å². The van der Waals surface area contributed by atoms with E-state index in [0.29, 0.717) is 18.1 Å². The van der Waals surface area contributed by atoms with E-state index in [2.05, 4.69) is 10.4 Å². The lowest BCUT2D eigenvalue weighted by molar-refractivity contribution is -0.122. The fraction of sp³-hybridized carbons (Fsp3) is 0.562. The van der Waals surface area contributed by atoms with Crippen molar-refractivity contribution in [2.24, 2.45) is 11.7 Å². The molecule has 2 aromatic rings. The Kier molecular flexibility index (Phi) is 4.76. The molecular formula is C16H23N5O2. The van der Waals surface area contributed by atoms with Gasteiger partial charge >= 0.3 is 5.69 Å². The number of nitrogens with one attached hydrogen (secondary N) is 1. The second-order valence-corrected chi connectivity index (χ2v) is 6.14. The maximum Gasteiger partial charge on any atom is 0.350 e. The van der Waals surface area contributed by atoms with E-state index in [1.54, 1.807) is 18.3 Å². The third-order valence-corrected chi connectivity index (χ3v) is 4.60. The summed E-state index contributed by atoms with van der Waals surface area (Å²) < 4.78 is 2.82. The topological polar surface area (TPSA) is 94.4 Å². The summed E-state index contributed by atoms with van der Waals surface area (Å²) in [4.78, 5) is 24.3. The third kappa shape index (κ3) is 3.44. The molecule has 0 aliphatic heterocycles. The summed E-state index contributed by atoms with van der Waals surface area (Å²) in [5.74, 6) is 0.324. The molecule has 1 amide bonds. The first-order valence-corrected chi connectivity index (χ1v) is 8.22. The van der Waals surface area contributed by atoms with Crippen molar-refractivity contribution in [2.45, 2.75) is 44.7 Å². The van der Waals surface area contributed by atoms with Crippen molar-refractivity contribution in [1.82, 2.24) is 19.5 Å². The number of amides is 1. The van der Waals surface area contributed by atoms with Crippen LogP contribution in [0.1, 0.15) is 32.1 Å². The van der Waals surface area contributed by atoms with Crippen LogP contribution in [0.15, 0.2) is 29.2 Å². The van der Waals surface area contributed by atoms with E-state index in [4.69, 9.17) is 5.73 Å². The minimum Gasteiger partial charge on any atom is -0.353 e. The van der Waals surface area contributed by atoms with Crippen LogP contribution in [0.3, 0.4) is 0 Å². The van der Waals surface area contributed by atoms with Gasteiger partial charge in [0.25, 0.3) is 0 Å². The van der Waals surface area contributed by atoms with Crippen LogP contribution in [0.25, 0.3) is 5.65 Å². The standard InChI is InChI=1S/C16H23N5O2/c17-11-12-5-1-2-6-13(12)18-15(22)8-10-21-16(23)20-9-4-3-7-14(20)19-21/h3-4,7,9,12-13H,1-2,5-6,8,10-11,17H2,(H,18,22). The SMILES string of the molecule is NCC1CCCCC1NC(=O)CCn1nc2ccccn2c1=O. The Morgan fingerprint density at radius 2 is 2.17 bits per heavy atom. The normalized spacial score (nSPS) is 21.4. The Labute approximate surface area is 134 Å². The number of nitrogens with zero attached hydrogens (tertiary/aromatic N) is 3. The largest absolute Gasteiger partial charge is 0.353 e. The first-order chi connectivity index (χ1) is 11.2. The van der Waals surface area contributed by atoms with Crippen molar-refractivity contribution in [2.75, 3.05) is 6.54 Å². The lowest BCUT2D eigenvalue weighted by Crippen LogP contribution is -2.45. The molecule has 124 valence electrons. The van der Waals surface area contributed by atoms with Gasteiger partial charge in [0.1, 0.15) is 0 Å². The van der Waals surface area contributed by atoms with Crippen molar-refractivity contribution >= 4 is 11.6 Å². The molecule has 1 aliphatic rings. The first kappa shape index (κ1) is 15.7. The Morgan fingerprint density at radius 3 is 2.96 bits per heavy atom. The number of rotatable bonds is 5. The monoisotopic (exact) mass is 317 g/mol. The summed E-state index contributed by atoms with van der Waals surface area (Å²) in [5, 5.41) is 7.30. The van der Waals surface area contributed by atoms with Gasteiger partial charge in [-0.05, 0) is 37.4 Å². The summed E-state index contributed by atoms with van der Waals surface area (Å²) in [6, 6.07) is 5.54. The minimum absolute atomic E-state index is 0.0423. The van der Waals surface area contributed by atoms with Crippen molar-refractivity contribution < 1.29 is 4.79 Å². The molecule has 7 nitrogen and oxygen atoms in total. The minimum atomic E-state index is -0.217. The maximum absolute atomic E-state index is 12.2. The zero-order valence-electron chi connectivity index (χ0n) is 13.1. The van der Waals surface area contributed by atoms with Crippen LogP contribution in [-0.2, 0) is 11.3 Å². The highest BCUT2D eigenvalue weighted by atomic mass is 16.2. The number of pyridine rings is 1. The number of aromatic nitrogens is 3. The number of fused-ring (bicyclic) bond motifs is 1. The number of nitrogens with two attached hydrogens (primary N) is 1. The molecule has 1 fully saturated rings. The molecule has 0 radical (unpaired) electrons. The fourth-order valence-corrected chi connectivity index (χ4v) is 3.28. The highest BCUT2D eigenvalue weighted by Crippen LogP contribution is 2.23. The molecule has 0 aromatic carbocycles. The summed E-state index contributed by atoms with van der Waals surface area (Å²) in [6.45, 7) is 0.892. The molecule has 23 heavy (non-hydrogen) atoms. The van der Waals surface area contributed by atoms with Gasteiger partial charge in [-0.15, -0.1) is 5.10 Å². The average Bonchev–Trinajstić information content (AvgIpc) is 2.90. The molecule has 0 saturated heterocycles. The lowest BCUT2D eigenvalue weighted by atomic mass is 9.84. The first-order valence-electron chi connectivity index (χ1n) is 8.22. The van der Waals surface area contributed by atoms with E-state index in [9.17, 15) is 9.59 Å². The second kappa shape index (κ2) is 6.95. The molecule has 0 spiro atoms. The van der Waals surface area contributed by atoms with Crippen molar-refractivity contribution in [3.05, 3.63) is 34.9 Å². The molecule has 2 heterocycles. The highest BCUT2D eigenvalue weighted by molar-refractivity contribution is 5.76. The van der Waals surface area contributed by atoms with E-state index < -0.39 is 0 Å². The molecule has 1 saturated carbocycles. The second-order valence-electron chi connectivity index (χ2n) is 6.14. The molecule has 7 heteroatoms. The van der Waals surface area contributed by atoms with Crippen LogP contribution < -0.4 is 16.7 Å². The predicted molar refractivity (Wildman–Crippen MR) is 87.0 cm³/mol. The Morgan fingerprint density at radius 1 is 1.35 bits per heavy atom. The molecule has 2 aromatic heterocycles. The zero-order chi connectivity index (χ0) is 16.2. The Balaban J connectivity index is 1.60. The molecule has 1 aliphatic carbocycles. The zero-order valence-corrected chi connectivity index (χ0v) is 13.1. The van der Waals surface area contributed by atoms with E-state index in [-0.39, 0.29) is 30.6 Å². The molecular weight excluding hydrogens is 294 g/mol. The molecule has 2 unspecified atom stereocenters. The number of carbonyl (C=O) groups excluding carboxylic acids is 1. The van der Waals surface area contributed by atoms with Gasteiger partial charge in [0.2, 0.25) is 5.91 Å². The number of carbonyl (C=O) groups is 1. The smallest absolute Gasteiger partial charge is 0.350 e. The average molecular weight is 317 g/mol. The van der Waals surface area contributed by atoms with Crippen molar-refractivity contribution in [3.63, 3.8) is 0 Å². The van der Waals surface area contributed by atoms with E-state index in [0.717, 1.165) is 19.3 Å². The maximum atomic E-state index is 12.2. The van der Waals surface area contributed by atoms with Crippen LogP contribution in [0.4, 0.5) is 0 Å². The predicted octanol–water partition coefficient (Wildman–Crippen LogP) is 0.520. The number of hydrogen-bond donors (Lipinski definition) is 2. The van der Waals surface area contributed by atoms with Crippen molar-refractivity contribution in [3.8, 4) is 0 Å². The van der Waals surface area contributed by atoms with Crippen LogP contribution >= 0.6 is 0 Å². The third-order valence-electron chi connectivity index (χ3n) is 4.60. The van der Waals surface area contributed by atoms with E-state index >= 15 is 0 Å². The van der Waals surface area contributed by atoms with Gasteiger partial charge in [0.05, 0.1) is 6.54 Å². The van der Waals surface area contributed by atoms with Gasteiger partial charge in [-0.25, -0.2) is 9.48 Å². The van der Waals surface area contributed by atoms with Crippen LogP contribution in [-0.4, -0.2) is 32.7 Å². The molecule has 3 rings (SSSR count). The summed E-state index contributed by atoms with van der Waals surface area (Å²) in [6.07, 6.45) is 6.31. The molecule has 2 atom stereocenters. The fourth-order valence-electron chi connectivity index (χ4n) is 3.28. The number of aryl methyl sites for hydroxylation is 1. The van der Waals surface area contributed by atoms with Crippen LogP contribution in [0, 0.1) is 5.92 Å². The number of hydrogen-bond acceptors (Lipinski definition) is 4.